The van der Waals surface area contributed by atoms with E-state index in [0.717, 1.165) is 5.56 Å². The highest BCUT2D eigenvalue weighted by molar-refractivity contribution is 7.92. The number of hydrogen-bond acceptors (Lipinski definition) is 4. The van der Waals surface area contributed by atoms with Gasteiger partial charge in [-0.25, -0.2) is 13.8 Å². The van der Waals surface area contributed by atoms with E-state index in [2.05, 4.69) is 10.5 Å². The summed E-state index contributed by atoms with van der Waals surface area (Å²) in [6.45, 7) is 1.85. The van der Waals surface area contributed by atoms with E-state index >= 15 is 0 Å². The molecule has 0 bridgehead atoms. The summed E-state index contributed by atoms with van der Waals surface area (Å²) in [4.78, 5) is 12.7. The van der Waals surface area contributed by atoms with Gasteiger partial charge < -0.3 is 0 Å². The number of nitrogens with one attached hydrogen (secondary N) is 1. The smallest absolute Gasteiger partial charge is 0.267 e. The van der Waals surface area contributed by atoms with Crippen molar-refractivity contribution in [3.63, 3.8) is 0 Å². The maximum atomic E-state index is 13.6. The second-order valence-corrected chi connectivity index (χ2v) is 11.4. The van der Waals surface area contributed by atoms with Crippen LogP contribution in [-0.4, -0.2) is 20.5 Å². The van der Waals surface area contributed by atoms with E-state index in [1.54, 1.807) is 91.0 Å². The molecular formula is C28H22Cl3N3O3S. The predicted molar refractivity (Wildman–Crippen MR) is 154 cm³/mol. The molecular weight excluding hydrogens is 565 g/mol. The highest BCUT2D eigenvalue weighted by atomic mass is 35.5. The van der Waals surface area contributed by atoms with Gasteiger partial charge in [-0.2, -0.15) is 5.10 Å². The first kappa shape index (κ1) is 27.7. The zero-order chi connectivity index (χ0) is 27.3. The number of nitrogens with zero attached hydrogens (tertiary/aromatic N) is 2. The number of aryl methyl sites for hydroxylation is 1. The Morgan fingerprint density at radius 1 is 0.895 bits per heavy atom. The molecule has 4 rings (SSSR count). The van der Waals surface area contributed by atoms with Gasteiger partial charge in [0.05, 0.1) is 33.4 Å². The summed E-state index contributed by atoms with van der Waals surface area (Å²) in [5.74, 6) is -0.449. The monoisotopic (exact) mass is 585 g/mol. The van der Waals surface area contributed by atoms with Gasteiger partial charge in [-0.1, -0.05) is 77.3 Å². The van der Waals surface area contributed by atoms with Crippen LogP contribution in [0.15, 0.2) is 101 Å². The van der Waals surface area contributed by atoms with Crippen LogP contribution in [0.5, 0.6) is 0 Å². The molecule has 6 nitrogen and oxygen atoms in total. The number of hydrazone groups is 1. The van der Waals surface area contributed by atoms with Crippen LogP contribution in [0.4, 0.5) is 5.69 Å². The van der Waals surface area contributed by atoms with Crippen molar-refractivity contribution in [1.29, 1.82) is 0 Å². The summed E-state index contributed by atoms with van der Waals surface area (Å²) in [6.07, 6.45) is 1.37. The zero-order valence-corrected chi connectivity index (χ0v) is 23.2. The van der Waals surface area contributed by atoms with Crippen molar-refractivity contribution >= 4 is 62.6 Å². The fraction of sp³-hybridized carbons (Fsp3) is 0.0714. The Morgan fingerprint density at radius 3 is 2.21 bits per heavy atom. The number of carbonyl (C=O) groups excluding carboxylic acids is 1. The van der Waals surface area contributed by atoms with Crippen molar-refractivity contribution in [3.8, 4) is 0 Å². The van der Waals surface area contributed by atoms with Crippen molar-refractivity contribution in [1.82, 2.24) is 5.43 Å². The third kappa shape index (κ3) is 6.37. The number of amides is 1. The molecule has 1 amide bonds. The van der Waals surface area contributed by atoms with E-state index < -0.39 is 15.9 Å². The molecule has 0 aliphatic heterocycles. The molecule has 0 saturated carbocycles. The number of halogens is 3. The lowest BCUT2D eigenvalue weighted by molar-refractivity contribution is 0.0955. The minimum atomic E-state index is -3.91. The van der Waals surface area contributed by atoms with Crippen molar-refractivity contribution in [3.05, 3.63) is 128 Å². The average Bonchev–Trinajstić information content (AvgIpc) is 2.91. The molecule has 0 fully saturated rings. The molecule has 0 heterocycles. The lowest BCUT2D eigenvalue weighted by Gasteiger charge is -2.26. The van der Waals surface area contributed by atoms with Crippen LogP contribution in [0, 0.1) is 6.92 Å². The molecule has 0 spiro atoms. The minimum absolute atomic E-state index is 0.0312. The van der Waals surface area contributed by atoms with E-state index in [9.17, 15) is 13.2 Å². The molecule has 194 valence electrons. The quantitative estimate of drug-likeness (QED) is 0.176. The van der Waals surface area contributed by atoms with Crippen LogP contribution in [0.25, 0.3) is 0 Å². The lowest BCUT2D eigenvalue weighted by Crippen LogP contribution is -2.31. The summed E-state index contributed by atoms with van der Waals surface area (Å²) in [7, 11) is -3.91. The van der Waals surface area contributed by atoms with E-state index in [1.165, 1.54) is 10.5 Å². The molecule has 0 atom stereocenters. The average molecular weight is 587 g/mol. The number of sulfonamides is 1. The van der Waals surface area contributed by atoms with E-state index in [4.69, 9.17) is 34.8 Å². The Balaban J connectivity index is 1.56. The lowest BCUT2D eigenvalue weighted by atomic mass is 10.1. The number of benzene rings is 4. The van der Waals surface area contributed by atoms with Gasteiger partial charge in [0.15, 0.2) is 0 Å². The Hall–Kier alpha value is -3.36. The molecule has 38 heavy (non-hydrogen) atoms. The second-order valence-electron chi connectivity index (χ2n) is 8.29. The Kier molecular flexibility index (Phi) is 8.74. The van der Waals surface area contributed by atoms with Crippen LogP contribution in [-0.2, 0) is 16.6 Å². The highest BCUT2D eigenvalue weighted by Gasteiger charge is 2.26. The van der Waals surface area contributed by atoms with E-state index in [1.807, 2.05) is 6.92 Å². The summed E-state index contributed by atoms with van der Waals surface area (Å²) in [5, 5.41) is 5.18. The van der Waals surface area contributed by atoms with Crippen LogP contribution in [0.1, 0.15) is 27.0 Å². The van der Waals surface area contributed by atoms with Gasteiger partial charge in [0.2, 0.25) is 0 Å². The molecule has 0 aliphatic carbocycles. The summed E-state index contributed by atoms with van der Waals surface area (Å²) in [6, 6.07) is 24.9. The minimum Gasteiger partial charge on any atom is -0.267 e. The Labute approximate surface area is 236 Å². The van der Waals surface area contributed by atoms with Gasteiger partial charge in [-0.05, 0) is 66.6 Å². The second kappa shape index (κ2) is 12.0. The first-order valence-electron chi connectivity index (χ1n) is 11.4. The molecule has 0 aliphatic rings. The van der Waals surface area contributed by atoms with Gasteiger partial charge >= 0.3 is 0 Å². The first-order valence-corrected chi connectivity index (χ1v) is 13.9. The number of anilines is 1. The topological polar surface area (TPSA) is 78.8 Å². The van der Waals surface area contributed by atoms with E-state index in [-0.39, 0.29) is 11.4 Å². The normalized spacial score (nSPS) is 11.5. The van der Waals surface area contributed by atoms with Gasteiger partial charge in [0.1, 0.15) is 0 Å². The van der Waals surface area contributed by atoms with Crippen molar-refractivity contribution in [2.24, 2.45) is 5.10 Å². The van der Waals surface area contributed by atoms with Crippen molar-refractivity contribution in [2.45, 2.75) is 18.4 Å². The molecule has 0 radical (unpaired) electrons. The van der Waals surface area contributed by atoms with Crippen molar-refractivity contribution < 1.29 is 13.2 Å². The number of carbonyl (C=O) groups is 1. The number of rotatable bonds is 8. The Bertz CT molecular complexity index is 1570. The van der Waals surface area contributed by atoms with Gasteiger partial charge in [0.25, 0.3) is 15.9 Å². The van der Waals surface area contributed by atoms with Gasteiger partial charge in [0, 0.05) is 16.1 Å². The van der Waals surface area contributed by atoms with Crippen LogP contribution >= 0.6 is 34.8 Å². The zero-order valence-electron chi connectivity index (χ0n) is 20.1. The number of hydrogen-bond donors (Lipinski definition) is 1. The molecule has 1 N–H and O–H groups in total. The third-order valence-electron chi connectivity index (χ3n) is 5.67. The van der Waals surface area contributed by atoms with Crippen molar-refractivity contribution in [2.75, 3.05) is 4.31 Å². The molecule has 0 aromatic heterocycles. The van der Waals surface area contributed by atoms with Crippen LogP contribution < -0.4 is 9.73 Å². The fourth-order valence-corrected chi connectivity index (χ4v) is 5.84. The molecule has 4 aromatic carbocycles. The molecule has 0 saturated heterocycles. The highest BCUT2D eigenvalue weighted by Crippen LogP contribution is 2.31. The Morgan fingerprint density at radius 2 is 1.55 bits per heavy atom. The standard InChI is InChI=1S/C28H22Cl3N3O3S/c1-19-10-15-22(29)16-27(19)34(38(36,37)23-6-3-2-4-7-23)18-20-11-13-21(14-12-20)28(35)33-32-17-24-25(30)8-5-9-26(24)31/h2-17H,18H2,1H3,(H,33,35)/b32-17-. The van der Waals surface area contributed by atoms with Gasteiger partial charge in [-0.15, -0.1) is 0 Å². The SMILES string of the molecule is Cc1ccc(Cl)cc1N(Cc1ccc(C(=O)N/N=C\c2c(Cl)cccc2Cl)cc1)S(=O)(=O)c1ccccc1. The first-order chi connectivity index (χ1) is 18.2. The third-order valence-corrected chi connectivity index (χ3v) is 8.34. The summed E-state index contributed by atoms with van der Waals surface area (Å²) < 4.78 is 28.6. The maximum absolute atomic E-state index is 13.6. The van der Waals surface area contributed by atoms with Gasteiger partial charge in [-0.3, -0.25) is 9.10 Å². The van der Waals surface area contributed by atoms with E-state index in [0.29, 0.717) is 37.4 Å². The molecule has 10 heteroatoms. The van der Waals surface area contributed by atoms with Crippen LogP contribution in [0.3, 0.4) is 0 Å². The predicted octanol–water partition coefficient (Wildman–Crippen LogP) is 7.11. The molecule has 0 unspecified atom stereocenters. The maximum Gasteiger partial charge on any atom is 0.271 e. The molecule has 4 aromatic rings. The largest absolute Gasteiger partial charge is 0.271 e. The fourth-order valence-electron chi connectivity index (χ4n) is 3.65. The summed E-state index contributed by atoms with van der Waals surface area (Å²) >= 11 is 18.4. The van der Waals surface area contributed by atoms with Crippen LogP contribution in [0.2, 0.25) is 15.1 Å². The summed E-state index contributed by atoms with van der Waals surface area (Å²) in [5.41, 5.74) is 5.16.